The van der Waals surface area contributed by atoms with Gasteiger partial charge in [-0.15, -0.1) is 0 Å². The van der Waals surface area contributed by atoms with Crippen LogP contribution < -0.4 is 14.4 Å². The predicted molar refractivity (Wildman–Crippen MR) is 129 cm³/mol. The topological polar surface area (TPSA) is 84.4 Å². The van der Waals surface area contributed by atoms with Crippen LogP contribution in [0.15, 0.2) is 18.2 Å². The second kappa shape index (κ2) is 10.5. The Hall–Kier alpha value is -2.36. The number of hydrogen-bond acceptors (Lipinski definition) is 7. The summed E-state index contributed by atoms with van der Waals surface area (Å²) in [5.74, 6) is 0.0285. The molecule has 0 unspecified atom stereocenters. The highest BCUT2D eigenvalue weighted by Gasteiger charge is 2.21. The molecule has 0 atom stereocenters. The molecule has 0 amide bonds. The Morgan fingerprint density at radius 2 is 1.94 bits per heavy atom. The Kier molecular flexibility index (Phi) is 7.97. The van der Waals surface area contributed by atoms with Gasteiger partial charge in [0.25, 0.3) is 0 Å². The number of carbonyl (C=O) groups is 1. The maximum atomic E-state index is 11.8. The summed E-state index contributed by atoms with van der Waals surface area (Å²) < 4.78 is 17.2. The van der Waals surface area contributed by atoms with Crippen LogP contribution in [-0.2, 0) is 4.74 Å². The van der Waals surface area contributed by atoms with Gasteiger partial charge in [-0.25, -0.2) is 9.78 Å². The molecule has 0 saturated carbocycles. The van der Waals surface area contributed by atoms with E-state index in [0.29, 0.717) is 23.6 Å². The normalized spacial score (nSPS) is 15.6. The van der Waals surface area contributed by atoms with Gasteiger partial charge in [-0.3, -0.25) is 0 Å². The number of benzene rings is 1. The van der Waals surface area contributed by atoms with Crippen molar-refractivity contribution in [2.24, 2.45) is 0 Å². The standard InChI is InChI=1S/C23H35N3O5Si/c1-25-7-6-8-26(10-9-25)20-14-17(29-2)13-18-21(15-19(23(27)28)24-22(18)20)31-16-30-11-12-32(3,4)5/h13-15H,6-12,16H2,1-5H3,(H,27,28). The molecule has 1 aromatic carbocycles. The fourth-order valence-electron chi connectivity index (χ4n) is 3.67. The van der Waals surface area contributed by atoms with E-state index in [1.807, 2.05) is 12.1 Å². The second-order valence-electron chi connectivity index (χ2n) is 9.48. The van der Waals surface area contributed by atoms with Gasteiger partial charge in [0.1, 0.15) is 11.5 Å². The summed E-state index contributed by atoms with van der Waals surface area (Å²) in [7, 11) is 2.54. The lowest BCUT2D eigenvalue weighted by Crippen LogP contribution is -2.29. The maximum absolute atomic E-state index is 11.8. The predicted octanol–water partition coefficient (Wildman–Crippen LogP) is 3.77. The van der Waals surface area contributed by atoms with Gasteiger partial charge < -0.3 is 29.1 Å². The fourth-order valence-corrected chi connectivity index (χ4v) is 4.43. The lowest BCUT2D eigenvalue weighted by molar-refractivity contribution is 0.0228. The van der Waals surface area contributed by atoms with Gasteiger partial charge in [0.05, 0.1) is 18.3 Å². The Morgan fingerprint density at radius 1 is 1.16 bits per heavy atom. The monoisotopic (exact) mass is 461 g/mol. The molecule has 1 aliphatic heterocycles. The molecule has 2 aromatic rings. The quantitative estimate of drug-likeness (QED) is 0.343. The average Bonchev–Trinajstić information content (AvgIpc) is 2.96. The van der Waals surface area contributed by atoms with E-state index in [1.54, 1.807) is 7.11 Å². The van der Waals surface area contributed by atoms with E-state index < -0.39 is 14.0 Å². The van der Waals surface area contributed by atoms with Crippen LogP contribution in [0.4, 0.5) is 5.69 Å². The van der Waals surface area contributed by atoms with E-state index in [-0.39, 0.29) is 12.5 Å². The molecule has 0 radical (unpaired) electrons. The van der Waals surface area contributed by atoms with E-state index in [4.69, 9.17) is 14.2 Å². The van der Waals surface area contributed by atoms with Crippen molar-refractivity contribution in [1.82, 2.24) is 9.88 Å². The zero-order valence-electron chi connectivity index (χ0n) is 19.8. The van der Waals surface area contributed by atoms with Crippen molar-refractivity contribution in [2.75, 3.05) is 58.6 Å². The molecule has 176 valence electrons. The van der Waals surface area contributed by atoms with Crippen molar-refractivity contribution in [3.63, 3.8) is 0 Å². The molecule has 3 rings (SSSR count). The van der Waals surface area contributed by atoms with Crippen molar-refractivity contribution >= 4 is 30.6 Å². The summed E-state index contributed by atoms with van der Waals surface area (Å²) in [6.07, 6.45) is 1.02. The fraction of sp³-hybridized carbons (Fsp3) is 0.565. The van der Waals surface area contributed by atoms with Gasteiger partial charge in [-0.2, -0.15) is 0 Å². The van der Waals surface area contributed by atoms with Gasteiger partial charge in [0.2, 0.25) is 0 Å². The summed E-state index contributed by atoms with van der Waals surface area (Å²) >= 11 is 0. The zero-order valence-corrected chi connectivity index (χ0v) is 20.8. The molecular weight excluding hydrogens is 426 g/mol. The number of likely N-dealkylation sites (N-methyl/N-ethyl adjacent to an activating group) is 1. The first-order valence-electron chi connectivity index (χ1n) is 11.1. The number of aromatic carboxylic acids is 1. The third-order valence-electron chi connectivity index (χ3n) is 5.64. The third-order valence-corrected chi connectivity index (χ3v) is 7.34. The minimum atomic E-state index is -1.20. The number of pyridine rings is 1. The van der Waals surface area contributed by atoms with Crippen molar-refractivity contribution in [2.45, 2.75) is 32.1 Å². The number of fused-ring (bicyclic) bond motifs is 1. The van der Waals surface area contributed by atoms with Crippen LogP contribution in [0.3, 0.4) is 0 Å². The van der Waals surface area contributed by atoms with Crippen LogP contribution in [0.1, 0.15) is 16.9 Å². The van der Waals surface area contributed by atoms with Crippen molar-refractivity contribution in [3.05, 3.63) is 23.9 Å². The number of rotatable bonds is 9. The van der Waals surface area contributed by atoms with Crippen LogP contribution in [0, 0.1) is 0 Å². The lowest BCUT2D eigenvalue weighted by atomic mass is 10.1. The van der Waals surface area contributed by atoms with Crippen LogP contribution in [-0.4, -0.2) is 82.8 Å². The molecule has 2 heterocycles. The summed E-state index contributed by atoms with van der Waals surface area (Å²) in [6.45, 7) is 11.2. The number of hydrogen-bond donors (Lipinski definition) is 1. The van der Waals surface area contributed by atoms with Crippen molar-refractivity contribution in [3.8, 4) is 11.5 Å². The number of aromatic nitrogens is 1. The van der Waals surface area contributed by atoms with E-state index in [0.717, 1.165) is 49.7 Å². The molecule has 9 heteroatoms. The molecule has 1 saturated heterocycles. The van der Waals surface area contributed by atoms with Gasteiger partial charge in [0.15, 0.2) is 12.5 Å². The molecule has 0 bridgehead atoms. The molecule has 1 fully saturated rings. The highest BCUT2D eigenvalue weighted by atomic mass is 28.3. The molecule has 32 heavy (non-hydrogen) atoms. The minimum Gasteiger partial charge on any atom is -0.497 e. The number of carboxylic acids is 1. The largest absolute Gasteiger partial charge is 0.497 e. The molecule has 1 N–H and O–H groups in total. The molecule has 0 aliphatic carbocycles. The Balaban J connectivity index is 1.96. The zero-order chi connectivity index (χ0) is 23.3. The number of anilines is 1. The Morgan fingerprint density at radius 3 is 2.62 bits per heavy atom. The summed E-state index contributed by atoms with van der Waals surface area (Å²) in [4.78, 5) is 20.8. The summed E-state index contributed by atoms with van der Waals surface area (Å²) in [6, 6.07) is 6.28. The van der Waals surface area contributed by atoms with Gasteiger partial charge in [0, 0.05) is 51.8 Å². The smallest absolute Gasteiger partial charge is 0.354 e. The lowest BCUT2D eigenvalue weighted by Gasteiger charge is -2.25. The third kappa shape index (κ3) is 6.33. The SMILES string of the molecule is COc1cc(N2CCCN(C)CC2)c2nc(C(=O)O)cc(OCOCC[Si](C)(C)C)c2c1. The minimum absolute atomic E-state index is 0.0482. The Bertz CT molecular complexity index is 947. The number of ether oxygens (including phenoxy) is 3. The van der Waals surface area contributed by atoms with E-state index >= 15 is 0 Å². The van der Waals surface area contributed by atoms with Crippen LogP contribution >= 0.6 is 0 Å². The van der Waals surface area contributed by atoms with E-state index in [2.05, 4.69) is 41.5 Å². The number of methoxy groups -OCH3 is 1. The first kappa shape index (κ1) is 24.3. The molecule has 8 nitrogen and oxygen atoms in total. The molecule has 1 aliphatic rings. The number of carboxylic acid groups (broad SMARTS) is 1. The molecule has 1 aromatic heterocycles. The van der Waals surface area contributed by atoms with E-state index in [1.165, 1.54) is 6.07 Å². The van der Waals surface area contributed by atoms with Crippen molar-refractivity contribution < 1.29 is 24.1 Å². The van der Waals surface area contributed by atoms with Crippen LogP contribution in [0.5, 0.6) is 11.5 Å². The highest BCUT2D eigenvalue weighted by Crippen LogP contribution is 2.37. The first-order chi connectivity index (χ1) is 15.2. The number of nitrogens with zero attached hydrogens (tertiary/aromatic N) is 3. The van der Waals surface area contributed by atoms with Crippen LogP contribution in [0.2, 0.25) is 25.7 Å². The summed E-state index contributed by atoms with van der Waals surface area (Å²) in [5, 5.41) is 10.4. The van der Waals surface area contributed by atoms with Gasteiger partial charge >= 0.3 is 5.97 Å². The van der Waals surface area contributed by atoms with Gasteiger partial charge in [-0.05, 0) is 32.1 Å². The molecule has 0 spiro atoms. The Labute approximate surface area is 191 Å². The average molecular weight is 462 g/mol. The van der Waals surface area contributed by atoms with Crippen LogP contribution in [0.25, 0.3) is 10.9 Å². The maximum Gasteiger partial charge on any atom is 0.354 e. The second-order valence-corrected chi connectivity index (χ2v) is 15.1. The first-order valence-corrected chi connectivity index (χ1v) is 14.8. The van der Waals surface area contributed by atoms with Gasteiger partial charge in [-0.1, -0.05) is 19.6 Å². The van der Waals surface area contributed by atoms with Crippen molar-refractivity contribution in [1.29, 1.82) is 0 Å². The summed E-state index contributed by atoms with van der Waals surface area (Å²) in [5.41, 5.74) is 1.42. The van der Waals surface area contributed by atoms with E-state index in [9.17, 15) is 9.90 Å². The highest BCUT2D eigenvalue weighted by molar-refractivity contribution is 6.76. The molecular formula is C23H35N3O5Si.